The predicted octanol–water partition coefficient (Wildman–Crippen LogP) is 5.16. The Balaban J connectivity index is 1.28. The first-order valence-corrected chi connectivity index (χ1v) is 11.4. The predicted molar refractivity (Wildman–Crippen MR) is 129 cm³/mol. The number of hydrogen-bond acceptors (Lipinski definition) is 5. The fraction of sp³-hybridized carbons (Fsp3) is 0.259. The van der Waals surface area contributed by atoms with Crippen molar-refractivity contribution < 1.29 is 19.0 Å². The molecule has 0 bridgehead atoms. The van der Waals surface area contributed by atoms with Gasteiger partial charge in [0.2, 0.25) is 6.79 Å². The van der Waals surface area contributed by atoms with Crippen molar-refractivity contribution in [1.29, 1.82) is 0 Å². The van der Waals surface area contributed by atoms with Crippen LogP contribution in [0.2, 0.25) is 0 Å². The lowest BCUT2D eigenvalue weighted by molar-refractivity contribution is 0.138. The maximum absolute atomic E-state index is 13.2. The highest BCUT2D eigenvalue weighted by Crippen LogP contribution is 2.38. The molecule has 1 N–H and O–H groups in total. The van der Waals surface area contributed by atoms with Gasteiger partial charge in [0.1, 0.15) is 11.4 Å². The van der Waals surface area contributed by atoms with Crippen molar-refractivity contribution in [1.82, 2.24) is 5.01 Å². The number of urea groups is 1. The molecule has 34 heavy (non-hydrogen) atoms. The molecular weight excluding hydrogens is 430 g/mol. The molecule has 0 aliphatic carbocycles. The average Bonchev–Trinajstić information content (AvgIpc) is 3.54. The minimum atomic E-state index is -0.269. The Hall–Kier alpha value is -4.00. The van der Waals surface area contributed by atoms with Crippen molar-refractivity contribution in [3.05, 3.63) is 83.4 Å². The molecule has 3 aliphatic heterocycles. The SMILES string of the molecule is CC1(C)Cc2cc(NC(=O)N3CC(c4ccccc4)C(c4ccc5c(c4)OCO5)=N3)ccc2O1. The number of hydrogen-bond donors (Lipinski definition) is 1. The summed E-state index contributed by atoms with van der Waals surface area (Å²) >= 11 is 0. The normalized spacial score (nSPS) is 19.4. The molecule has 0 saturated carbocycles. The Morgan fingerprint density at radius 2 is 1.79 bits per heavy atom. The van der Waals surface area contributed by atoms with E-state index in [0.29, 0.717) is 12.3 Å². The highest BCUT2D eigenvalue weighted by molar-refractivity contribution is 6.08. The first-order chi connectivity index (χ1) is 16.4. The number of hydrazone groups is 1. The van der Waals surface area contributed by atoms with Gasteiger partial charge in [0.05, 0.1) is 12.3 Å². The summed E-state index contributed by atoms with van der Waals surface area (Å²) in [5, 5.41) is 9.26. The van der Waals surface area contributed by atoms with E-state index in [1.54, 1.807) is 0 Å². The van der Waals surface area contributed by atoms with Crippen LogP contribution in [-0.2, 0) is 6.42 Å². The second-order valence-electron chi connectivity index (χ2n) is 9.39. The third-order valence-electron chi connectivity index (χ3n) is 6.33. The van der Waals surface area contributed by atoms with E-state index in [-0.39, 0.29) is 24.3 Å². The molecule has 6 rings (SSSR count). The molecule has 3 aromatic carbocycles. The molecule has 0 fully saturated rings. The van der Waals surface area contributed by atoms with E-state index in [9.17, 15) is 4.79 Å². The van der Waals surface area contributed by atoms with Crippen LogP contribution in [0.25, 0.3) is 0 Å². The molecule has 0 spiro atoms. The van der Waals surface area contributed by atoms with E-state index in [0.717, 1.165) is 46.0 Å². The molecule has 0 aromatic heterocycles. The number of amides is 2. The maximum Gasteiger partial charge on any atom is 0.342 e. The Morgan fingerprint density at radius 1 is 1.00 bits per heavy atom. The van der Waals surface area contributed by atoms with E-state index in [4.69, 9.17) is 19.3 Å². The van der Waals surface area contributed by atoms with Gasteiger partial charge >= 0.3 is 6.03 Å². The first kappa shape index (κ1) is 20.6. The van der Waals surface area contributed by atoms with Gasteiger partial charge < -0.3 is 19.5 Å². The second-order valence-corrected chi connectivity index (χ2v) is 9.39. The summed E-state index contributed by atoms with van der Waals surface area (Å²) in [6.07, 6.45) is 0.804. The Morgan fingerprint density at radius 3 is 2.65 bits per heavy atom. The van der Waals surface area contributed by atoms with Crippen LogP contribution in [-0.4, -0.2) is 35.7 Å². The molecule has 172 valence electrons. The standard InChI is InChI=1S/C27H25N3O4/c1-27(2)14-19-12-20(9-11-22(19)34-27)28-26(31)30-15-21(17-6-4-3-5-7-17)25(29-30)18-8-10-23-24(13-18)33-16-32-23/h3-13,21H,14-16H2,1-2H3,(H,28,31). The summed E-state index contributed by atoms with van der Waals surface area (Å²) < 4.78 is 17.0. The number of fused-ring (bicyclic) bond motifs is 2. The third-order valence-corrected chi connectivity index (χ3v) is 6.33. The largest absolute Gasteiger partial charge is 0.487 e. The van der Waals surface area contributed by atoms with Gasteiger partial charge in [0.25, 0.3) is 0 Å². The van der Waals surface area contributed by atoms with Crippen LogP contribution in [0.4, 0.5) is 10.5 Å². The second kappa shape index (κ2) is 7.80. The van der Waals surface area contributed by atoms with Crippen molar-refractivity contribution in [2.45, 2.75) is 31.8 Å². The van der Waals surface area contributed by atoms with Crippen LogP contribution in [0, 0.1) is 0 Å². The lowest BCUT2D eigenvalue weighted by Crippen LogP contribution is -2.30. The Labute approximate surface area is 197 Å². The molecule has 7 nitrogen and oxygen atoms in total. The monoisotopic (exact) mass is 455 g/mol. The fourth-order valence-corrected chi connectivity index (χ4v) is 4.77. The summed E-state index contributed by atoms with van der Waals surface area (Å²) in [4.78, 5) is 13.2. The smallest absolute Gasteiger partial charge is 0.342 e. The van der Waals surface area contributed by atoms with Crippen LogP contribution in [0.5, 0.6) is 17.2 Å². The summed E-state index contributed by atoms with van der Waals surface area (Å²) in [7, 11) is 0. The summed E-state index contributed by atoms with van der Waals surface area (Å²) in [6.45, 7) is 4.78. The van der Waals surface area contributed by atoms with Crippen molar-refractivity contribution in [3.63, 3.8) is 0 Å². The Bertz CT molecular complexity index is 1300. The van der Waals surface area contributed by atoms with Crippen LogP contribution in [0.3, 0.4) is 0 Å². The third kappa shape index (κ3) is 3.73. The van der Waals surface area contributed by atoms with E-state index in [2.05, 4.69) is 31.3 Å². The molecule has 3 aliphatic rings. The number of nitrogens with one attached hydrogen (secondary N) is 1. The first-order valence-electron chi connectivity index (χ1n) is 11.4. The minimum Gasteiger partial charge on any atom is -0.487 e. The number of ether oxygens (including phenoxy) is 3. The minimum absolute atomic E-state index is 0.0541. The van der Waals surface area contributed by atoms with Crippen molar-refractivity contribution in [2.75, 3.05) is 18.7 Å². The topological polar surface area (TPSA) is 72.4 Å². The molecule has 3 heterocycles. The van der Waals surface area contributed by atoms with Gasteiger partial charge in [-0.2, -0.15) is 5.10 Å². The van der Waals surface area contributed by atoms with Gasteiger partial charge in [0.15, 0.2) is 11.5 Å². The number of nitrogens with zero attached hydrogens (tertiary/aromatic N) is 2. The van der Waals surface area contributed by atoms with Gasteiger partial charge in [0, 0.05) is 29.2 Å². The Kier molecular flexibility index (Phi) is 4.72. The van der Waals surface area contributed by atoms with Gasteiger partial charge in [-0.25, -0.2) is 9.80 Å². The van der Waals surface area contributed by atoms with Crippen LogP contribution in [0.15, 0.2) is 71.8 Å². The lowest BCUT2D eigenvalue weighted by Gasteiger charge is -2.16. The highest BCUT2D eigenvalue weighted by Gasteiger charge is 2.34. The van der Waals surface area contributed by atoms with Crippen molar-refractivity contribution in [3.8, 4) is 17.2 Å². The van der Waals surface area contributed by atoms with Crippen LogP contribution in [0.1, 0.15) is 36.5 Å². The maximum atomic E-state index is 13.2. The van der Waals surface area contributed by atoms with Gasteiger partial charge in [-0.3, -0.25) is 0 Å². The summed E-state index contributed by atoms with van der Waals surface area (Å²) in [5.74, 6) is 2.23. The molecule has 2 amide bonds. The molecule has 7 heteroatoms. The van der Waals surface area contributed by atoms with Gasteiger partial charge in [-0.1, -0.05) is 30.3 Å². The number of benzene rings is 3. The quantitative estimate of drug-likeness (QED) is 0.592. The highest BCUT2D eigenvalue weighted by atomic mass is 16.7. The lowest BCUT2D eigenvalue weighted by atomic mass is 9.90. The van der Waals surface area contributed by atoms with Crippen molar-refractivity contribution >= 4 is 17.4 Å². The average molecular weight is 456 g/mol. The number of anilines is 1. The summed E-state index contributed by atoms with van der Waals surface area (Å²) in [5.41, 5.74) is 4.43. The molecule has 1 atom stereocenters. The zero-order valence-corrected chi connectivity index (χ0v) is 19.1. The zero-order valence-electron chi connectivity index (χ0n) is 19.1. The van der Waals surface area contributed by atoms with Crippen LogP contribution >= 0.6 is 0 Å². The molecule has 0 saturated heterocycles. The number of carbonyl (C=O) groups is 1. The van der Waals surface area contributed by atoms with E-state index in [1.165, 1.54) is 5.01 Å². The van der Waals surface area contributed by atoms with Gasteiger partial charge in [-0.05, 0) is 55.8 Å². The van der Waals surface area contributed by atoms with E-state index in [1.807, 2.05) is 54.6 Å². The molecule has 3 aromatic rings. The number of rotatable bonds is 3. The zero-order chi connectivity index (χ0) is 23.3. The fourth-order valence-electron chi connectivity index (χ4n) is 4.77. The summed E-state index contributed by atoms with van der Waals surface area (Å²) in [6, 6.07) is 21.4. The van der Waals surface area contributed by atoms with Gasteiger partial charge in [-0.15, -0.1) is 0 Å². The van der Waals surface area contributed by atoms with Crippen molar-refractivity contribution in [2.24, 2.45) is 5.10 Å². The molecular formula is C27H25N3O4. The van der Waals surface area contributed by atoms with Crippen LogP contribution < -0.4 is 19.5 Å². The molecule has 1 unspecified atom stereocenters. The van der Waals surface area contributed by atoms with E-state index >= 15 is 0 Å². The molecule has 0 radical (unpaired) electrons. The van der Waals surface area contributed by atoms with E-state index < -0.39 is 0 Å². The number of carbonyl (C=O) groups excluding carboxylic acids is 1.